The molecule has 0 heterocycles. The van der Waals surface area contributed by atoms with Crippen molar-refractivity contribution in [3.63, 3.8) is 0 Å². The zero-order valence-corrected chi connectivity index (χ0v) is 12.5. The Kier molecular flexibility index (Phi) is 4.65. The van der Waals surface area contributed by atoms with Crippen LogP contribution in [0, 0.1) is 11.7 Å². The summed E-state index contributed by atoms with van der Waals surface area (Å²) in [6, 6.07) is 4.11. The monoisotopic (exact) mass is 301 g/mol. The van der Waals surface area contributed by atoms with Crippen LogP contribution in [0.3, 0.4) is 0 Å². The third kappa shape index (κ3) is 4.18. The van der Waals surface area contributed by atoms with Crippen molar-refractivity contribution in [2.24, 2.45) is 5.92 Å². The Bertz CT molecular complexity index is 570. The predicted octanol–water partition coefficient (Wildman–Crippen LogP) is 2.61. The van der Waals surface area contributed by atoms with Gasteiger partial charge in [0, 0.05) is 6.04 Å². The topological polar surface area (TPSA) is 55.4 Å². The summed E-state index contributed by atoms with van der Waals surface area (Å²) in [5.74, 6) is 0.337. The Morgan fingerprint density at radius 1 is 1.45 bits per heavy atom. The normalized spacial score (nSPS) is 16.9. The molecule has 0 spiro atoms. The number of hydrogen-bond acceptors (Lipinski definition) is 3. The van der Waals surface area contributed by atoms with Gasteiger partial charge in [-0.25, -0.2) is 17.5 Å². The molecule has 20 heavy (non-hydrogen) atoms. The Hall–Kier alpha value is -1.14. The van der Waals surface area contributed by atoms with Crippen molar-refractivity contribution in [1.29, 1.82) is 0 Å². The van der Waals surface area contributed by atoms with Crippen LogP contribution in [0.25, 0.3) is 0 Å². The second-order valence-corrected chi connectivity index (χ2v) is 7.23. The fourth-order valence-electron chi connectivity index (χ4n) is 1.82. The Labute approximate surface area is 119 Å². The van der Waals surface area contributed by atoms with Gasteiger partial charge >= 0.3 is 0 Å². The third-order valence-corrected chi connectivity index (χ3v) is 4.84. The molecule has 1 fully saturated rings. The molecule has 4 nitrogen and oxygen atoms in total. The number of nitrogens with one attached hydrogen (secondary N) is 1. The molecule has 112 valence electrons. The van der Waals surface area contributed by atoms with E-state index < -0.39 is 21.9 Å². The standard InChI is InChI=1S/C14H20FNO3S/c1-3-20(17,18)16-10(2)12-6-7-14(13(15)8-12)19-9-11-4-5-11/h6-8,10-11,16H,3-5,9H2,1-2H3. The van der Waals surface area contributed by atoms with E-state index >= 15 is 0 Å². The fourth-order valence-corrected chi connectivity index (χ4v) is 2.66. The van der Waals surface area contributed by atoms with Crippen LogP contribution in [-0.2, 0) is 10.0 Å². The van der Waals surface area contributed by atoms with Gasteiger partial charge in [-0.15, -0.1) is 0 Å². The maximum atomic E-state index is 13.9. The molecule has 0 aromatic heterocycles. The Morgan fingerprint density at radius 3 is 2.70 bits per heavy atom. The van der Waals surface area contributed by atoms with E-state index in [0.717, 1.165) is 12.8 Å². The maximum Gasteiger partial charge on any atom is 0.211 e. The predicted molar refractivity (Wildman–Crippen MR) is 75.6 cm³/mol. The quantitative estimate of drug-likeness (QED) is 0.842. The summed E-state index contributed by atoms with van der Waals surface area (Å²) in [4.78, 5) is 0. The van der Waals surface area contributed by atoms with Gasteiger partial charge in [0.15, 0.2) is 11.6 Å². The van der Waals surface area contributed by atoms with Crippen LogP contribution in [-0.4, -0.2) is 20.8 Å². The highest BCUT2D eigenvalue weighted by atomic mass is 32.2. The molecule has 1 aliphatic carbocycles. The van der Waals surface area contributed by atoms with Crippen LogP contribution in [0.1, 0.15) is 38.3 Å². The molecule has 1 saturated carbocycles. The van der Waals surface area contributed by atoms with E-state index in [-0.39, 0.29) is 11.5 Å². The van der Waals surface area contributed by atoms with E-state index in [2.05, 4.69) is 4.72 Å². The van der Waals surface area contributed by atoms with Gasteiger partial charge in [-0.2, -0.15) is 0 Å². The van der Waals surface area contributed by atoms with Crippen molar-refractivity contribution in [3.05, 3.63) is 29.6 Å². The molecule has 1 aliphatic rings. The van der Waals surface area contributed by atoms with Crippen molar-refractivity contribution >= 4 is 10.0 Å². The molecule has 0 aliphatic heterocycles. The molecule has 1 unspecified atom stereocenters. The van der Waals surface area contributed by atoms with E-state index in [1.807, 2.05) is 0 Å². The summed E-state index contributed by atoms with van der Waals surface area (Å²) in [5.41, 5.74) is 0.582. The number of benzene rings is 1. The van der Waals surface area contributed by atoms with Gasteiger partial charge in [0.25, 0.3) is 0 Å². The summed E-state index contributed by atoms with van der Waals surface area (Å²) in [6.07, 6.45) is 2.30. The highest BCUT2D eigenvalue weighted by molar-refractivity contribution is 7.89. The number of halogens is 1. The molecule has 1 N–H and O–H groups in total. The lowest BCUT2D eigenvalue weighted by Gasteiger charge is -2.15. The Morgan fingerprint density at radius 2 is 2.15 bits per heavy atom. The lowest BCUT2D eigenvalue weighted by atomic mass is 10.1. The molecule has 0 bridgehead atoms. The van der Waals surface area contributed by atoms with Crippen LogP contribution in [0.5, 0.6) is 5.75 Å². The van der Waals surface area contributed by atoms with Gasteiger partial charge in [-0.1, -0.05) is 6.07 Å². The van der Waals surface area contributed by atoms with E-state index in [4.69, 9.17) is 4.74 Å². The SMILES string of the molecule is CCS(=O)(=O)NC(C)c1ccc(OCC2CC2)c(F)c1. The van der Waals surface area contributed by atoms with Gasteiger partial charge in [-0.3, -0.25) is 0 Å². The molecule has 1 atom stereocenters. The van der Waals surface area contributed by atoms with Crippen molar-refractivity contribution in [2.75, 3.05) is 12.4 Å². The first-order chi connectivity index (χ1) is 9.41. The highest BCUT2D eigenvalue weighted by Gasteiger charge is 2.22. The van der Waals surface area contributed by atoms with Crippen molar-refractivity contribution in [2.45, 2.75) is 32.7 Å². The van der Waals surface area contributed by atoms with Crippen molar-refractivity contribution in [1.82, 2.24) is 4.72 Å². The first-order valence-electron chi connectivity index (χ1n) is 6.83. The van der Waals surface area contributed by atoms with Crippen molar-refractivity contribution < 1.29 is 17.5 Å². The minimum Gasteiger partial charge on any atom is -0.490 e. The molecular weight excluding hydrogens is 281 g/mol. The minimum atomic E-state index is -3.31. The average Bonchev–Trinajstić information content (AvgIpc) is 3.21. The smallest absolute Gasteiger partial charge is 0.211 e. The largest absolute Gasteiger partial charge is 0.490 e. The third-order valence-electron chi connectivity index (χ3n) is 3.36. The average molecular weight is 301 g/mol. The summed E-state index contributed by atoms with van der Waals surface area (Å²) in [7, 11) is -3.31. The van der Waals surface area contributed by atoms with Crippen molar-refractivity contribution in [3.8, 4) is 5.75 Å². The van der Waals surface area contributed by atoms with Gasteiger partial charge in [0.05, 0.1) is 12.4 Å². The zero-order chi connectivity index (χ0) is 14.8. The van der Waals surface area contributed by atoms with E-state index in [0.29, 0.717) is 18.1 Å². The highest BCUT2D eigenvalue weighted by Crippen LogP contribution is 2.30. The van der Waals surface area contributed by atoms with Gasteiger partial charge in [0.1, 0.15) is 0 Å². The molecule has 2 rings (SSSR count). The number of hydrogen-bond donors (Lipinski definition) is 1. The number of ether oxygens (including phenoxy) is 1. The van der Waals surface area contributed by atoms with E-state index in [9.17, 15) is 12.8 Å². The van der Waals surface area contributed by atoms with Crippen LogP contribution in [0.15, 0.2) is 18.2 Å². The van der Waals surface area contributed by atoms with Crippen LogP contribution >= 0.6 is 0 Å². The summed E-state index contributed by atoms with van der Waals surface area (Å²) in [6.45, 7) is 3.80. The Balaban J connectivity index is 2.03. The van der Waals surface area contributed by atoms with Gasteiger partial charge in [-0.05, 0) is 50.3 Å². The first-order valence-corrected chi connectivity index (χ1v) is 8.48. The first kappa shape index (κ1) is 15.3. The van der Waals surface area contributed by atoms with E-state index in [1.165, 1.54) is 6.07 Å². The molecule has 1 aromatic carbocycles. The van der Waals surface area contributed by atoms with Gasteiger partial charge in [0.2, 0.25) is 10.0 Å². The molecule has 0 amide bonds. The minimum absolute atomic E-state index is 0.00239. The van der Waals surface area contributed by atoms with E-state index in [1.54, 1.807) is 26.0 Å². The zero-order valence-electron chi connectivity index (χ0n) is 11.7. The fraction of sp³-hybridized carbons (Fsp3) is 0.571. The summed E-state index contributed by atoms with van der Waals surface area (Å²) >= 11 is 0. The van der Waals surface area contributed by atoms with Crippen LogP contribution in [0.2, 0.25) is 0 Å². The molecular formula is C14H20FNO3S. The lowest BCUT2D eigenvalue weighted by molar-refractivity contribution is 0.285. The van der Waals surface area contributed by atoms with Crippen LogP contribution in [0.4, 0.5) is 4.39 Å². The molecule has 0 saturated heterocycles. The molecule has 6 heteroatoms. The van der Waals surface area contributed by atoms with Gasteiger partial charge < -0.3 is 4.74 Å². The summed E-state index contributed by atoms with van der Waals surface area (Å²) in [5, 5.41) is 0. The second-order valence-electron chi connectivity index (χ2n) is 5.19. The summed E-state index contributed by atoms with van der Waals surface area (Å²) < 4.78 is 44.8. The number of sulfonamides is 1. The molecule has 0 radical (unpaired) electrons. The lowest BCUT2D eigenvalue weighted by Crippen LogP contribution is -2.28. The maximum absolute atomic E-state index is 13.9. The molecule has 1 aromatic rings. The van der Waals surface area contributed by atoms with Crippen LogP contribution < -0.4 is 9.46 Å². The number of rotatable bonds is 7. The second kappa shape index (κ2) is 6.10.